The number of benzene rings is 1. The van der Waals surface area contributed by atoms with Gasteiger partial charge >= 0.3 is 0 Å². The van der Waals surface area contributed by atoms with Gasteiger partial charge in [-0.25, -0.2) is 0 Å². The van der Waals surface area contributed by atoms with E-state index in [-0.39, 0.29) is 5.91 Å². The van der Waals surface area contributed by atoms with Gasteiger partial charge in [-0.15, -0.1) is 10.2 Å². The second kappa shape index (κ2) is 5.96. The minimum absolute atomic E-state index is 0.298. The lowest BCUT2D eigenvalue weighted by molar-refractivity contribution is 0.102. The van der Waals surface area contributed by atoms with E-state index in [0.717, 1.165) is 6.54 Å². The van der Waals surface area contributed by atoms with Gasteiger partial charge in [-0.05, 0) is 19.1 Å². The molecule has 110 valence electrons. The summed E-state index contributed by atoms with van der Waals surface area (Å²) < 4.78 is 10.9. The molecule has 0 saturated carbocycles. The highest BCUT2D eigenvalue weighted by atomic mass is 32.1. The van der Waals surface area contributed by atoms with Gasteiger partial charge < -0.3 is 20.1 Å². The molecular formula is C13H14N4O3S. The van der Waals surface area contributed by atoms with Crippen molar-refractivity contribution < 1.29 is 14.3 Å². The molecule has 0 unspecified atom stereocenters. The van der Waals surface area contributed by atoms with E-state index in [1.54, 1.807) is 18.2 Å². The number of anilines is 2. The van der Waals surface area contributed by atoms with Crippen molar-refractivity contribution in [2.45, 2.75) is 6.92 Å². The Bertz CT molecular complexity index is 659. The van der Waals surface area contributed by atoms with E-state index in [1.807, 2.05) is 6.92 Å². The largest absolute Gasteiger partial charge is 0.486 e. The number of hydrogen-bond donors (Lipinski definition) is 2. The van der Waals surface area contributed by atoms with Gasteiger partial charge in [0.25, 0.3) is 5.91 Å². The van der Waals surface area contributed by atoms with Crippen LogP contribution < -0.4 is 20.1 Å². The number of carbonyl (C=O) groups is 1. The molecule has 0 aliphatic carbocycles. The van der Waals surface area contributed by atoms with Crippen molar-refractivity contribution in [3.63, 3.8) is 0 Å². The summed E-state index contributed by atoms with van der Waals surface area (Å²) in [6.07, 6.45) is 0. The third-order valence-corrected chi connectivity index (χ3v) is 3.63. The molecule has 2 N–H and O–H groups in total. The number of nitrogens with one attached hydrogen (secondary N) is 2. The van der Waals surface area contributed by atoms with E-state index in [2.05, 4.69) is 20.8 Å². The molecule has 1 aromatic heterocycles. The minimum atomic E-state index is -0.298. The zero-order chi connectivity index (χ0) is 14.7. The van der Waals surface area contributed by atoms with Gasteiger partial charge in [-0.1, -0.05) is 11.3 Å². The summed E-state index contributed by atoms with van der Waals surface area (Å²) in [6.45, 7) is 3.73. The van der Waals surface area contributed by atoms with Crippen LogP contribution in [0.5, 0.6) is 11.5 Å². The normalized spacial score (nSPS) is 12.8. The maximum atomic E-state index is 12.1. The smallest absolute Gasteiger partial charge is 0.286 e. The van der Waals surface area contributed by atoms with Gasteiger partial charge in [-0.2, -0.15) is 0 Å². The van der Waals surface area contributed by atoms with E-state index >= 15 is 0 Å². The van der Waals surface area contributed by atoms with Crippen molar-refractivity contribution in [2.75, 3.05) is 30.4 Å². The monoisotopic (exact) mass is 306 g/mol. The molecule has 0 spiro atoms. The Labute approximate surface area is 125 Å². The average molecular weight is 306 g/mol. The molecule has 1 aliphatic heterocycles. The fourth-order valence-corrected chi connectivity index (χ4v) is 2.55. The molecular weight excluding hydrogens is 292 g/mol. The van der Waals surface area contributed by atoms with Crippen LogP contribution in [0.3, 0.4) is 0 Å². The molecule has 7 nitrogen and oxygen atoms in total. The highest BCUT2D eigenvalue weighted by Crippen LogP contribution is 2.32. The molecule has 1 aromatic carbocycles. The average Bonchev–Trinajstić information content (AvgIpc) is 2.96. The van der Waals surface area contributed by atoms with Crippen LogP contribution in [0.2, 0.25) is 0 Å². The standard InChI is InChI=1S/C13H14N4O3S/c1-2-14-13-17-16-12(21-13)11(18)15-8-3-4-9-10(7-8)20-6-5-19-9/h3-4,7H,2,5-6H2,1H3,(H,14,17)(H,15,18). The molecule has 0 radical (unpaired) electrons. The van der Waals surface area contributed by atoms with E-state index in [4.69, 9.17) is 9.47 Å². The first-order valence-corrected chi connectivity index (χ1v) is 7.36. The Morgan fingerprint density at radius 1 is 1.29 bits per heavy atom. The summed E-state index contributed by atoms with van der Waals surface area (Å²) in [6, 6.07) is 5.27. The lowest BCUT2D eigenvalue weighted by atomic mass is 10.2. The Hall–Kier alpha value is -2.35. The van der Waals surface area contributed by atoms with Crippen LogP contribution in [0, 0.1) is 0 Å². The molecule has 1 aliphatic rings. The molecule has 21 heavy (non-hydrogen) atoms. The fraction of sp³-hybridized carbons (Fsp3) is 0.308. The number of ether oxygens (including phenoxy) is 2. The first kappa shape index (κ1) is 13.6. The van der Waals surface area contributed by atoms with Gasteiger partial charge in [0.15, 0.2) is 11.5 Å². The summed E-state index contributed by atoms with van der Waals surface area (Å²) >= 11 is 1.21. The number of fused-ring (bicyclic) bond motifs is 1. The second-order valence-electron chi connectivity index (χ2n) is 4.26. The predicted octanol–water partition coefficient (Wildman–Crippen LogP) is 1.99. The van der Waals surface area contributed by atoms with Crippen molar-refractivity contribution in [2.24, 2.45) is 0 Å². The Morgan fingerprint density at radius 3 is 2.90 bits per heavy atom. The van der Waals surface area contributed by atoms with Crippen LogP contribution in [0.25, 0.3) is 0 Å². The Morgan fingerprint density at radius 2 is 2.10 bits per heavy atom. The third-order valence-electron chi connectivity index (χ3n) is 2.75. The van der Waals surface area contributed by atoms with Crippen molar-refractivity contribution >= 4 is 28.1 Å². The molecule has 1 amide bonds. The molecule has 3 rings (SSSR count). The molecule has 0 fully saturated rings. The van der Waals surface area contributed by atoms with E-state index < -0.39 is 0 Å². The summed E-state index contributed by atoms with van der Waals surface area (Å²) in [4.78, 5) is 12.1. The van der Waals surface area contributed by atoms with Crippen LogP contribution in [0.15, 0.2) is 18.2 Å². The van der Waals surface area contributed by atoms with Crippen LogP contribution in [-0.4, -0.2) is 35.9 Å². The predicted molar refractivity (Wildman–Crippen MR) is 79.5 cm³/mol. The van der Waals surface area contributed by atoms with Gasteiger partial charge in [0, 0.05) is 18.3 Å². The van der Waals surface area contributed by atoms with E-state index in [9.17, 15) is 4.79 Å². The fourth-order valence-electron chi connectivity index (χ4n) is 1.84. The maximum absolute atomic E-state index is 12.1. The highest BCUT2D eigenvalue weighted by Gasteiger charge is 2.15. The quantitative estimate of drug-likeness (QED) is 0.898. The maximum Gasteiger partial charge on any atom is 0.286 e. The zero-order valence-electron chi connectivity index (χ0n) is 11.4. The molecule has 2 aromatic rings. The molecule has 8 heteroatoms. The first-order chi connectivity index (χ1) is 10.3. The van der Waals surface area contributed by atoms with Crippen LogP contribution in [0.1, 0.15) is 16.7 Å². The van der Waals surface area contributed by atoms with Gasteiger partial charge in [0.2, 0.25) is 10.1 Å². The number of hydrogen-bond acceptors (Lipinski definition) is 7. The molecule has 2 heterocycles. The highest BCUT2D eigenvalue weighted by molar-refractivity contribution is 7.17. The van der Waals surface area contributed by atoms with E-state index in [1.165, 1.54) is 11.3 Å². The Balaban J connectivity index is 1.71. The number of aromatic nitrogens is 2. The van der Waals surface area contributed by atoms with E-state index in [0.29, 0.717) is 40.5 Å². The third kappa shape index (κ3) is 3.05. The molecule has 0 saturated heterocycles. The lowest BCUT2D eigenvalue weighted by Crippen LogP contribution is -2.16. The SMILES string of the molecule is CCNc1nnc(C(=O)Nc2ccc3c(c2)OCCO3)s1. The van der Waals surface area contributed by atoms with Crippen molar-refractivity contribution in [1.29, 1.82) is 0 Å². The van der Waals surface area contributed by atoms with Crippen LogP contribution >= 0.6 is 11.3 Å². The topological polar surface area (TPSA) is 85.4 Å². The van der Waals surface area contributed by atoms with Gasteiger partial charge in [0.1, 0.15) is 13.2 Å². The first-order valence-electron chi connectivity index (χ1n) is 6.54. The number of rotatable bonds is 4. The lowest BCUT2D eigenvalue weighted by Gasteiger charge is -2.18. The van der Waals surface area contributed by atoms with Crippen LogP contribution in [-0.2, 0) is 0 Å². The van der Waals surface area contributed by atoms with Crippen molar-refractivity contribution in [3.05, 3.63) is 23.2 Å². The summed E-state index contributed by atoms with van der Waals surface area (Å²) in [5.41, 5.74) is 0.629. The summed E-state index contributed by atoms with van der Waals surface area (Å²) in [5, 5.41) is 14.5. The second-order valence-corrected chi connectivity index (χ2v) is 5.23. The minimum Gasteiger partial charge on any atom is -0.486 e. The van der Waals surface area contributed by atoms with Crippen molar-refractivity contribution in [3.8, 4) is 11.5 Å². The van der Waals surface area contributed by atoms with Crippen LogP contribution in [0.4, 0.5) is 10.8 Å². The summed E-state index contributed by atoms with van der Waals surface area (Å²) in [5.74, 6) is 1.02. The van der Waals surface area contributed by atoms with Crippen molar-refractivity contribution in [1.82, 2.24) is 10.2 Å². The number of amides is 1. The number of nitrogens with zero attached hydrogens (tertiary/aromatic N) is 2. The summed E-state index contributed by atoms with van der Waals surface area (Å²) in [7, 11) is 0. The molecule has 0 bridgehead atoms. The Kier molecular flexibility index (Phi) is 3.87. The number of carbonyl (C=O) groups excluding carboxylic acids is 1. The van der Waals surface area contributed by atoms with Gasteiger partial charge in [0.05, 0.1) is 0 Å². The molecule has 0 atom stereocenters. The zero-order valence-corrected chi connectivity index (χ0v) is 12.2. The van der Waals surface area contributed by atoms with Gasteiger partial charge in [-0.3, -0.25) is 4.79 Å².